The van der Waals surface area contributed by atoms with Crippen LogP contribution in [0.1, 0.15) is 57.1 Å². The lowest BCUT2D eigenvalue weighted by molar-refractivity contribution is 0.269. The molecule has 0 saturated heterocycles. The Balaban J connectivity index is 1.96. The average molecular weight is 459 g/mol. The second-order valence-electron chi connectivity index (χ2n) is 6.97. The number of halogens is 3. The van der Waals surface area contributed by atoms with Gasteiger partial charge in [-0.3, -0.25) is 0 Å². The summed E-state index contributed by atoms with van der Waals surface area (Å²) in [7, 11) is 0. The van der Waals surface area contributed by atoms with Crippen LogP contribution in [0, 0.1) is 0 Å². The summed E-state index contributed by atoms with van der Waals surface area (Å²) < 4.78 is 11.7. The zero-order chi connectivity index (χ0) is 21.1. The monoisotopic (exact) mass is 457 g/mol. The van der Waals surface area contributed by atoms with Gasteiger partial charge < -0.3 is 14.8 Å². The third-order valence-electron chi connectivity index (χ3n) is 4.52. The standard InChI is InChI=1S/C23H30Cl3NO2/c1-3-5-6-7-8-11-27-15-18-13-21(26)23(22(14-18)28-4-2)29-16-17-9-10-19(24)20(25)12-17/h9-10,12-14,27H,3-8,11,15-16H2,1-2H3. The molecule has 0 aromatic heterocycles. The van der Waals surface area contributed by atoms with Crippen LogP contribution in [0.5, 0.6) is 11.5 Å². The molecule has 0 bridgehead atoms. The van der Waals surface area contributed by atoms with Crippen LogP contribution in [-0.4, -0.2) is 13.2 Å². The maximum atomic E-state index is 6.51. The molecular weight excluding hydrogens is 429 g/mol. The van der Waals surface area contributed by atoms with E-state index in [1.807, 2.05) is 25.1 Å². The maximum Gasteiger partial charge on any atom is 0.180 e. The molecule has 0 aliphatic carbocycles. The van der Waals surface area contributed by atoms with Crippen molar-refractivity contribution in [1.29, 1.82) is 0 Å². The number of benzene rings is 2. The fraction of sp³-hybridized carbons (Fsp3) is 0.478. The summed E-state index contributed by atoms with van der Waals surface area (Å²) in [5.41, 5.74) is 1.99. The lowest BCUT2D eigenvalue weighted by Crippen LogP contribution is -2.15. The highest BCUT2D eigenvalue weighted by atomic mass is 35.5. The van der Waals surface area contributed by atoms with E-state index in [2.05, 4.69) is 12.2 Å². The van der Waals surface area contributed by atoms with Crippen molar-refractivity contribution >= 4 is 34.8 Å². The minimum absolute atomic E-state index is 0.325. The molecule has 0 heterocycles. The second kappa shape index (κ2) is 13.2. The lowest BCUT2D eigenvalue weighted by atomic mass is 10.1. The third-order valence-corrected chi connectivity index (χ3v) is 5.54. The lowest BCUT2D eigenvalue weighted by Gasteiger charge is -2.16. The minimum atomic E-state index is 0.325. The Bertz CT molecular complexity index is 768. The predicted molar refractivity (Wildman–Crippen MR) is 124 cm³/mol. The van der Waals surface area contributed by atoms with E-state index >= 15 is 0 Å². The molecule has 2 aromatic rings. The van der Waals surface area contributed by atoms with Crippen molar-refractivity contribution in [3.63, 3.8) is 0 Å². The number of hydrogen-bond donors (Lipinski definition) is 1. The molecule has 0 spiro atoms. The first-order valence-corrected chi connectivity index (χ1v) is 11.4. The number of nitrogens with one attached hydrogen (secondary N) is 1. The largest absolute Gasteiger partial charge is 0.490 e. The molecule has 0 radical (unpaired) electrons. The van der Waals surface area contributed by atoms with E-state index < -0.39 is 0 Å². The number of hydrogen-bond acceptors (Lipinski definition) is 3. The minimum Gasteiger partial charge on any atom is -0.490 e. The van der Waals surface area contributed by atoms with Crippen LogP contribution < -0.4 is 14.8 Å². The maximum absolute atomic E-state index is 6.51. The Morgan fingerprint density at radius 2 is 1.55 bits per heavy atom. The molecular formula is C23H30Cl3NO2. The van der Waals surface area contributed by atoms with Gasteiger partial charge in [-0.15, -0.1) is 0 Å². The fourth-order valence-corrected chi connectivity index (χ4v) is 3.61. The van der Waals surface area contributed by atoms with E-state index in [0.717, 1.165) is 24.2 Å². The molecule has 0 unspecified atom stereocenters. The number of ether oxygens (including phenoxy) is 2. The van der Waals surface area contributed by atoms with Crippen molar-refractivity contribution in [3.05, 3.63) is 56.5 Å². The molecule has 0 aliphatic heterocycles. The summed E-state index contributed by atoms with van der Waals surface area (Å²) in [6.07, 6.45) is 6.36. The van der Waals surface area contributed by atoms with E-state index in [1.54, 1.807) is 12.1 Å². The van der Waals surface area contributed by atoms with Crippen molar-refractivity contribution in [3.8, 4) is 11.5 Å². The summed E-state index contributed by atoms with van der Waals surface area (Å²) in [6, 6.07) is 9.34. The predicted octanol–water partition coefficient (Wildman–Crippen LogP) is 7.68. The van der Waals surface area contributed by atoms with Crippen LogP contribution in [0.25, 0.3) is 0 Å². The first-order chi connectivity index (χ1) is 14.0. The summed E-state index contributed by atoms with van der Waals surface area (Å²) in [6.45, 7) is 6.79. The molecule has 1 N–H and O–H groups in total. The molecule has 0 saturated carbocycles. The van der Waals surface area contributed by atoms with Gasteiger partial charge in [0.25, 0.3) is 0 Å². The Kier molecular flexibility index (Phi) is 11.0. The van der Waals surface area contributed by atoms with Crippen molar-refractivity contribution in [1.82, 2.24) is 5.32 Å². The number of unbranched alkanes of at least 4 members (excludes halogenated alkanes) is 4. The van der Waals surface area contributed by atoms with Gasteiger partial charge in [0.1, 0.15) is 6.61 Å². The summed E-state index contributed by atoms with van der Waals surface area (Å²) in [5, 5.41) is 5.04. The average Bonchev–Trinajstić information content (AvgIpc) is 2.69. The molecule has 2 aromatic carbocycles. The molecule has 0 fully saturated rings. The SMILES string of the molecule is CCCCCCCNCc1cc(Cl)c(OCc2ccc(Cl)c(Cl)c2)c(OCC)c1. The normalized spacial score (nSPS) is 10.9. The highest BCUT2D eigenvalue weighted by Crippen LogP contribution is 2.37. The van der Waals surface area contributed by atoms with Crippen molar-refractivity contribution < 1.29 is 9.47 Å². The topological polar surface area (TPSA) is 30.5 Å². The quantitative estimate of drug-likeness (QED) is 0.312. The summed E-state index contributed by atoms with van der Waals surface area (Å²) in [4.78, 5) is 0. The summed E-state index contributed by atoms with van der Waals surface area (Å²) in [5.74, 6) is 1.20. The third kappa shape index (κ3) is 8.25. The first-order valence-electron chi connectivity index (χ1n) is 10.3. The van der Waals surface area contributed by atoms with E-state index in [1.165, 1.54) is 32.1 Å². The van der Waals surface area contributed by atoms with Crippen LogP contribution >= 0.6 is 34.8 Å². The molecule has 2 rings (SSSR count). The van der Waals surface area contributed by atoms with Crippen molar-refractivity contribution in [2.24, 2.45) is 0 Å². The zero-order valence-corrected chi connectivity index (χ0v) is 19.5. The van der Waals surface area contributed by atoms with Crippen LogP contribution in [0.15, 0.2) is 30.3 Å². The van der Waals surface area contributed by atoms with Gasteiger partial charge in [0.05, 0.1) is 21.7 Å². The van der Waals surface area contributed by atoms with E-state index in [9.17, 15) is 0 Å². The molecule has 3 nitrogen and oxygen atoms in total. The Hall–Kier alpha value is -1.13. The van der Waals surface area contributed by atoms with Gasteiger partial charge in [-0.2, -0.15) is 0 Å². The Morgan fingerprint density at radius 1 is 0.793 bits per heavy atom. The van der Waals surface area contributed by atoms with Crippen molar-refractivity contribution in [2.75, 3.05) is 13.2 Å². The van der Waals surface area contributed by atoms with Crippen molar-refractivity contribution in [2.45, 2.75) is 59.1 Å². The fourth-order valence-electron chi connectivity index (χ4n) is 3.00. The summed E-state index contributed by atoms with van der Waals surface area (Å²) >= 11 is 18.6. The van der Waals surface area contributed by atoms with E-state index in [0.29, 0.717) is 39.8 Å². The van der Waals surface area contributed by atoms with Gasteiger partial charge in [0.15, 0.2) is 11.5 Å². The van der Waals surface area contributed by atoms with E-state index in [4.69, 9.17) is 44.3 Å². The zero-order valence-electron chi connectivity index (χ0n) is 17.2. The smallest absolute Gasteiger partial charge is 0.180 e. The van der Waals surface area contributed by atoms with Gasteiger partial charge in [-0.1, -0.05) is 73.5 Å². The van der Waals surface area contributed by atoms with Gasteiger partial charge in [-0.25, -0.2) is 0 Å². The van der Waals surface area contributed by atoms with Crippen LogP contribution in [-0.2, 0) is 13.2 Å². The molecule has 0 aliphatic rings. The highest BCUT2D eigenvalue weighted by molar-refractivity contribution is 6.42. The molecule has 29 heavy (non-hydrogen) atoms. The molecule has 0 atom stereocenters. The second-order valence-corrected chi connectivity index (χ2v) is 8.19. The first kappa shape index (κ1) is 24.1. The molecule has 0 amide bonds. The molecule has 6 heteroatoms. The van der Waals surface area contributed by atoms with Gasteiger partial charge in [0, 0.05) is 6.54 Å². The highest BCUT2D eigenvalue weighted by Gasteiger charge is 2.13. The number of rotatable bonds is 13. The Morgan fingerprint density at radius 3 is 2.28 bits per heavy atom. The van der Waals surface area contributed by atoms with Gasteiger partial charge in [0.2, 0.25) is 0 Å². The van der Waals surface area contributed by atoms with Crippen LogP contribution in [0.4, 0.5) is 0 Å². The van der Waals surface area contributed by atoms with Gasteiger partial charge in [-0.05, 0) is 55.3 Å². The Labute approximate surface area is 189 Å². The van der Waals surface area contributed by atoms with Crippen LogP contribution in [0.2, 0.25) is 15.1 Å². The van der Waals surface area contributed by atoms with E-state index in [-0.39, 0.29) is 0 Å². The van der Waals surface area contributed by atoms with Crippen LogP contribution in [0.3, 0.4) is 0 Å². The van der Waals surface area contributed by atoms with Gasteiger partial charge >= 0.3 is 0 Å². The molecule has 160 valence electrons.